The summed E-state index contributed by atoms with van der Waals surface area (Å²) < 4.78 is 4.51. The lowest BCUT2D eigenvalue weighted by Crippen LogP contribution is -2.03. The van der Waals surface area contributed by atoms with Gasteiger partial charge in [-0.15, -0.1) is 0 Å². The lowest BCUT2D eigenvalue weighted by atomic mass is 10.2. The topological polar surface area (TPSA) is 56.3 Å². The number of aromatic nitrogens is 1. The van der Waals surface area contributed by atoms with Crippen LogP contribution in [0.15, 0.2) is 24.4 Å². The first-order chi connectivity index (χ1) is 7.27. The Morgan fingerprint density at radius 3 is 2.87 bits per heavy atom. The molecule has 0 spiro atoms. The molecular formula is C11H11NO3. The van der Waals surface area contributed by atoms with E-state index >= 15 is 0 Å². The third-order valence-corrected chi connectivity index (χ3v) is 1.72. The summed E-state index contributed by atoms with van der Waals surface area (Å²) in [6.07, 6.45) is 6.23. The number of rotatable bonds is 4. The molecule has 4 nitrogen and oxygen atoms in total. The van der Waals surface area contributed by atoms with Crippen LogP contribution in [0, 0.1) is 0 Å². The van der Waals surface area contributed by atoms with Crippen molar-refractivity contribution in [3.05, 3.63) is 35.7 Å². The molecule has 0 saturated carbocycles. The van der Waals surface area contributed by atoms with E-state index in [4.69, 9.17) is 0 Å². The van der Waals surface area contributed by atoms with Crippen molar-refractivity contribution in [2.24, 2.45) is 0 Å². The van der Waals surface area contributed by atoms with Gasteiger partial charge in [-0.05, 0) is 11.6 Å². The van der Waals surface area contributed by atoms with Gasteiger partial charge >= 0.3 is 5.97 Å². The molecule has 0 aromatic carbocycles. The smallest absolute Gasteiger partial charge is 0.356 e. The molecular weight excluding hydrogens is 194 g/mol. The monoisotopic (exact) mass is 205 g/mol. The number of nitrogens with zero attached hydrogens (tertiary/aromatic N) is 1. The second-order valence-corrected chi connectivity index (χ2v) is 2.77. The average molecular weight is 205 g/mol. The van der Waals surface area contributed by atoms with Crippen LogP contribution in [0.3, 0.4) is 0 Å². The summed E-state index contributed by atoms with van der Waals surface area (Å²) >= 11 is 0. The molecule has 0 saturated heterocycles. The Bertz CT molecular complexity index is 368. The minimum Gasteiger partial charge on any atom is -0.464 e. The van der Waals surface area contributed by atoms with E-state index < -0.39 is 5.97 Å². The molecule has 0 aliphatic rings. The number of allylic oxidation sites excluding steroid dienone is 1. The van der Waals surface area contributed by atoms with E-state index in [1.165, 1.54) is 7.11 Å². The van der Waals surface area contributed by atoms with Gasteiger partial charge in [0, 0.05) is 12.6 Å². The molecule has 1 heterocycles. The highest BCUT2D eigenvalue weighted by Gasteiger charge is 2.04. The van der Waals surface area contributed by atoms with Crippen molar-refractivity contribution in [3.8, 4) is 0 Å². The number of methoxy groups -OCH3 is 1. The first-order valence-electron chi connectivity index (χ1n) is 4.42. The molecule has 78 valence electrons. The normalized spacial score (nSPS) is 10.2. The van der Waals surface area contributed by atoms with Crippen molar-refractivity contribution in [3.63, 3.8) is 0 Å². The summed E-state index contributed by atoms with van der Waals surface area (Å²) in [6, 6.07) is 3.31. The SMILES string of the molecule is COC(=O)c1ccc(C=CCC=O)cn1. The molecule has 0 atom stereocenters. The molecule has 0 aliphatic carbocycles. The predicted molar refractivity (Wildman–Crippen MR) is 55.3 cm³/mol. The summed E-state index contributed by atoms with van der Waals surface area (Å²) in [5.41, 5.74) is 1.11. The Labute approximate surface area is 87.6 Å². The van der Waals surface area contributed by atoms with E-state index in [0.29, 0.717) is 6.42 Å². The lowest BCUT2D eigenvalue weighted by molar-refractivity contribution is -0.107. The van der Waals surface area contributed by atoms with Crippen molar-refractivity contribution < 1.29 is 14.3 Å². The van der Waals surface area contributed by atoms with Gasteiger partial charge in [0.2, 0.25) is 0 Å². The molecule has 0 aliphatic heterocycles. The van der Waals surface area contributed by atoms with Crippen LogP contribution in [0.25, 0.3) is 6.08 Å². The van der Waals surface area contributed by atoms with Gasteiger partial charge in [-0.3, -0.25) is 0 Å². The number of pyridine rings is 1. The van der Waals surface area contributed by atoms with Crippen LogP contribution in [-0.2, 0) is 9.53 Å². The van der Waals surface area contributed by atoms with Crippen LogP contribution in [0.4, 0.5) is 0 Å². The second kappa shape index (κ2) is 5.70. The first-order valence-corrected chi connectivity index (χ1v) is 4.42. The van der Waals surface area contributed by atoms with Gasteiger partial charge in [0.15, 0.2) is 0 Å². The van der Waals surface area contributed by atoms with Crippen LogP contribution in [0.1, 0.15) is 22.5 Å². The average Bonchev–Trinajstić information content (AvgIpc) is 2.29. The Morgan fingerprint density at radius 2 is 2.33 bits per heavy atom. The summed E-state index contributed by atoms with van der Waals surface area (Å²) in [7, 11) is 1.31. The maximum atomic E-state index is 11.0. The molecule has 15 heavy (non-hydrogen) atoms. The largest absolute Gasteiger partial charge is 0.464 e. The molecule has 1 aromatic heterocycles. The number of aldehydes is 1. The summed E-state index contributed by atoms with van der Waals surface area (Å²) in [5.74, 6) is -0.460. The number of hydrogen-bond donors (Lipinski definition) is 0. The summed E-state index contributed by atoms with van der Waals surface area (Å²) in [4.78, 5) is 25.0. The highest BCUT2D eigenvalue weighted by molar-refractivity contribution is 5.87. The van der Waals surface area contributed by atoms with E-state index in [1.807, 2.05) is 0 Å². The van der Waals surface area contributed by atoms with Crippen LogP contribution in [-0.4, -0.2) is 24.3 Å². The number of esters is 1. The fourth-order valence-electron chi connectivity index (χ4n) is 0.989. The van der Waals surface area contributed by atoms with Crippen molar-refractivity contribution in [1.82, 2.24) is 4.98 Å². The first kappa shape index (κ1) is 11.1. The minimum absolute atomic E-state index is 0.269. The van der Waals surface area contributed by atoms with Crippen molar-refractivity contribution in [2.75, 3.05) is 7.11 Å². The second-order valence-electron chi connectivity index (χ2n) is 2.77. The summed E-state index contributed by atoms with van der Waals surface area (Å²) in [6.45, 7) is 0. The Kier molecular flexibility index (Phi) is 4.22. The molecule has 4 heteroatoms. The Balaban J connectivity index is 2.72. The highest BCUT2D eigenvalue weighted by atomic mass is 16.5. The van der Waals surface area contributed by atoms with Gasteiger partial charge in [0.1, 0.15) is 12.0 Å². The third kappa shape index (κ3) is 3.34. The molecule has 1 rings (SSSR count). The highest BCUT2D eigenvalue weighted by Crippen LogP contribution is 2.03. The van der Waals surface area contributed by atoms with Gasteiger partial charge in [-0.2, -0.15) is 0 Å². The summed E-state index contributed by atoms with van der Waals surface area (Å²) in [5, 5.41) is 0. The van der Waals surface area contributed by atoms with Crippen LogP contribution in [0.2, 0.25) is 0 Å². The van der Waals surface area contributed by atoms with Crippen LogP contribution < -0.4 is 0 Å². The van der Waals surface area contributed by atoms with E-state index in [9.17, 15) is 9.59 Å². The van der Waals surface area contributed by atoms with Crippen molar-refractivity contribution >= 4 is 18.3 Å². The fourth-order valence-corrected chi connectivity index (χ4v) is 0.989. The minimum atomic E-state index is -0.460. The maximum Gasteiger partial charge on any atom is 0.356 e. The lowest BCUT2D eigenvalue weighted by Gasteiger charge is -1.97. The van der Waals surface area contributed by atoms with Gasteiger partial charge in [0.25, 0.3) is 0 Å². The number of hydrogen-bond acceptors (Lipinski definition) is 4. The maximum absolute atomic E-state index is 11.0. The van der Waals surface area contributed by atoms with Crippen LogP contribution in [0.5, 0.6) is 0 Å². The van der Waals surface area contributed by atoms with Gasteiger partial charge < -0.3 is 9.53 Å². The zero-order chi connectivity index (χ0) is 11.1. The third-order valence-electron chi connectivity index (χ3n) is 1.72. The molecule has 0 N–H and O–H groups in total. The van der Waals surface area contributed by atoms with E-state index in [2.05, 4.69) is 9.72 Å². The van der Waals surface area contributed by atoms with Gasteiger partial charge in [0.05, 0.1) is 7.11 Å². The molecule has 0 fully saturated rings. The van der Waals surface area contributed by atoms with Crippen LogP contribution >= 0.6 is 0 Å². The molecule has 0 unspecified atom stereocenters. The van der Waals surface area contributed by atoms with Crippen molar-refractivity contribution in [1.29, 1.82) is 0 Å². The number of carbonyl (C=O) groups excluding carboxylic acids is 2. The molecule has 0 amide bonds. The fraction of sp³-hybridized carbons (Fsp3) is 0.182. The molecule has 0 radical (unpaired) electrons. The van der Waals surface area contributed by atoms with Gasteiger partial charge in [-0.1, -0.05) is 18.2 Å². The zero-order valence-electron chi connectivity index (χ0n) is 8.34. The van der Waals surface area contributed by atoms with Gasteiger partial charge in [-0.25, -0.2) is 9.78 Å². The Morgan fingerprint density at radius 1 is 1.53 bits per heavy atom. The predicted octanol–water partition coefficient (Wildman–Crippen LogP) is 1.47. The number of carbonyl (C=O) groups is 2. The zero-order valence-corrected chi connectivity index (χ0v) is 8.34. The standard InChI is InChI=1S/C11H11NO3/c1-15-11(14)10-6-5-9(8-12-10)4-2-3-7-13/h2,4-8H,3H2,1H3. The quantitative estimate of drug-likeness (QED) is 0.551. The van der Waals surface area contributed by atoms with E-state index in [1.54, 1.807) is 30.5 Å². The van der Waals surface area contributed by atoms with E-state index in [0.717, 1.165) is 11.8 Å². The van der Waals surface area contributed by atoms with E-state index in [-0.39, 0.29) is 5.69 Å². The molecule has 0 bridgehead atoms. The Hall–Kier alpha value is -1.97. The van der Waals surface area contributed by atoms with Crippen molar-refractivity contribution in [2.45, 2.75) is 6.42 Å². The number of ether oxygens (including phenoxy) is 1. The molecule has 1 aromatic rings.